The van der Waals surface area contributed by atoms with Crippen LogP contribution in [0.4, 0.5) is 13.2 Å². The first-order valence-corrected chi connectivity index (χ1v) is 10.6. The number of carbonyl (C=O) groups is 1. The molecular weight excluding hydrogens is 431 g/mol. The van der Waals surface area contributed by atoms with E-state index < -0.39 is 16.4 Å². The number of alkyl halides is 3. The highest BCUT2D eigenvalue weighted by molar-refractivity contribution is 7.89. The van der Waals surface area contributed by atoms with Crippen LogP contribution in [0, 0.1) is 6.92 Å². The molecule has 0 heterocycles. The maximum absolute atomic E-state index is 12.6. The third kappa shape index (κ3) is 5.71. The average molecular weight is 449 g/mol. The second-order valence-corrected chi connectivity index (χ2v) is 8.40. The zero-order valence-corrected chi connectivity index (χ0v) is 17.1. The number of Topliss-reactive ketones (excluding diaryl/α,β-unsaturated/α-hetero) is 1. The van der Waals surface area contributed by atoms with Gasteiger partial charge >= 0.3 is 6.36 Å². The standard InChI is InChI=1S/C22H18F3NO4S/c1-14-12-15(6-11-21(14)31(26,28)29)13-19(27)17-9-7-16(8-10-17)18-4-2-3-5-20(18)30-22(23,24)25/h2-12H,13H2,1H3,(H2,26,28,29). The van der Waals surface area contributed by atoms with Gasteiger partial charge in [-0.3, -0.25) is 4.79 Å². The minimum atomic E-state index is -4.82. The smallest absolute Gasteiger partial charge is 0.405 e. The van der Waals surface area contributed by atoms with Gasteiger partial charge in [-0.15, -0.1) is 13.2 Å². The van der Waals surface area contributed by atoms with E-state index >= 15 is 0 Å². The number of aryl methyl sites for hydroxylation is 1. The minimum absolute atomic E-state index is 0.00667. The van der Waals surface area contributed by atoms with Gasteiger partial charge in [-0.05, 0) is 35.7 Å². The van der Waals surface area contributed by atoms with Gasteiger partial charge in [0.05, 0.1) is 4.90 Å². The molecule has 3 rings (SSSR count). The van der Waals surface area contributed by atoms with E-state index in [0.29, 0.717) is 22.3 Å². The van der Waals surface area contributed by atoms with Crippen LogP contribution in [-0.4, -0.2) is 20.6 Å². The molecule has 0 spiro atoms. The SMILES string of the molecule is Cc1cc(CC(=O)c2ccc(-c3ccccc3OC(F)(F)F)cc2)ccc1S(N)(=O)=O. The van der Waals surface area contributed by atoms with E-state index in [1.54, 1.807) is 31.2 Å². The van der Waals surface area contributed by atoms with E-state index in [2.05, 4.69) is 4.74 Å². The summed E-state index contributed by atoms with van der Waals surface area (Å²) < 4.78 is 64.9. The number of hydrogen-bond donors (Lipinski definition) is 1. The Morgan fingerprint density at radius 2 is 1.65 bits per heavy atom. The molecule has 0 aliphatic carbocycles. The van der Waals surface area contributed by atoms with E-state index in [4.69, 9.17) is 5.14 Å². The number of para-hydroxylation sites is 1. The van der Waals surface area contributed by atoms with Gasteiger partial charge in [0.1, 0.15) is 5.75 Å². The maximum Gasteiger partial charge on any atom is 0.573 e. The van der Waals surface area contributed by atoms with Crippen LogP contribution >= 0.6 is 0 Å². The Kier molecular flexibility index (Phi) is 6.19. The second kappa shape index (κ2) is 8.52. The summed E-state index contributed by atoms with van der Waals surface area (Å²) in [5.41, 5.74) is 2.12. The Morgan fingerprint density at radius 1 is 1.00 bits per heavy atom. The molecule has 0 fully saturated rings. The van der Waals surface area contributed by atoms with E-state index in [1.807, 2.05) is 0 Å². The predicted octanol–water partition coefficient (Wildman–Crippen LogP) is 4.63. The van der Waals surface area contributed by atoms with E-state index in [-0.39, 0.29) is 28.4 Å². The molecule has 0 unspecified atom stereocenters. The molecule has 0 aliphatic rings. The highest BCUT2D eigenvalue weighted by Crippen LogP contribution is 2.33. The Labute approximate surface area is 177 Å². The molecule has 3 aromatic carbocycles. The van der Waals surface area contributed by atoms with Crippen molar-refractivity contribution < 1.29 is 31.1 Å². The number of rotatable bonds is 6. The van der Waals surface area contributed by atoms with Crippen molar-refractivity contribution in [3.8, 4) is 16.9 Å². The van der Waals surface area contributed by atoms with Crippen molar-refractivity contribution in [2.45, 2.75) is 24.6 Å². The third-order valence-electron chi connectivity index (χ3n) is 4.54. The van der Waals surface area contributed by atoms with Crippen LogP contribution in [0.25, 0.3) is 11.1 Å². The van der Waals surface area contributed by atoms with Crippen LogP contribution in [0.5, 0.6) is 5.75 Å². The fourth-order valence-corrected chi connectivity index (χ4v) is 3.95. The summed E-state index contributed by atoms with van der Waals surface area (Å²) in [7, 11) is -3.84. The van der Waals surface area contributed by atoms with Gasteiger partial charge in [-0.1, -0.05) is 54.6 Å². The van der Waals surface area contributed by atoms with Gasteiger partial charge in [0.25, 0.3) is 0 Å². The van der Waals surface area contributed by atoms with Crippen LogP contribution in [-0.2, 0) is 16.4 Å². The number of benzene rings is 3. The van der Waals surface area contributed by atoms with Gasteiger partial charge in [0.2, 0.25) is 10.0 Å². The molecule has 0 saturated carbocycles. The molecule has 2 N–H and O–H groups in total. The number of nitrogens with two attached hydrogens (primary N) is 1. The lowest BCUT2D eigenvalue weighted by Gasteiger charge is -2.13. The number of carbonyl (C=O) groups excluding carboxylic acids is 1. The Morgan fingerprint density at radius 3 is 2.23 bits per heavy atom. The Balaban J connectivity index is 1.80. The largest absolute Gasteiger partial charge is 0.573 e. The van der Waals surface area contributed by atoms with Crippen molar-refractivity contribution in [2.75, 3.05) is 0 Å². The number of primary sulfonamides is 1. The first-order valence-electron chi connectivity index (χ1n) is 9.05. The van der Waals surface area contributed by atoms with Crippen LogP contribution in [0.15, 0.2) is 71.6 Å². The lowest BCUT2D eigenvalue weighted by molar-refractivity contribution is -0.274. The normalized spacial score (nSPS) is 11.9. The summed E-state index contributed by atoms with van der Waals surface area (Å²) >= 11 is 0. The molecule has 0 amide bonds. The molecule has 0 bridgehead atoms. The summed E-state index contributed by atoms with van der Waals surface area (Å²) in [5.74, 6) is -0.561. The lowest BCUT2D eigenvalue weighted by atomic mass is 9.98. The zero-order valence-electron chi connectivity index (χ0n) is 16.3. The summed E-state index contributed by atoms with van der Waals surface area (Å²) in [6.07, 6.45) is -4.79. The summed E-state index contributed by atoms with van der Waals surface area (Å²) in [4.78, 5) is 12.6. The van der Waals surface area contributed by atoms with Gasteiger partial charge in [0, 0.05) is 17.5 Å². The summed E-state index contributed by atoms with van der Waals surface area (Å²) in [6.45, 7) is 1.59. The van der Waals surface area contributed by atoms with Gasteiger partial charge in [-0.2, -0.15) is 0 Å². The predicted molar refractivity (Wildman–Crippen MR) is 109 cm³/mol. The molecular formula is C22H18F3NO4S. The average Bonchev–Trinajstić information content (AvgIpc) is 2.66. The van der Waals surface area contributed by atoms with E-state index in [1.165, 1.54) is 42.5 Å². The van der Waals surface area contributed by atoms with Crippen LogP contribution in [0.1, 0.15) is 21.5 Å². The fraction of sp³-hybridized carbons (Fsp3) is 0.136. The summed E-state index contributed by atoms with van der Waals surface area (Å²) in [5, 5.41) is 5.14. The lowest BCUT2D eigenvalue weighted by Crippen LogP contribution is -2.17. The van der Waals surface area contributed by atoms with Crippen LogP contribution in [0.2, 0.25) is 0 Å². The molecule has 0 radical (unpaired) electrons. The van der Waals surface area contributed by atoms with Crippen LogP contribution < -0.4 is 9.88 Å². The molecule has 0 atom stereocenters. The number of hydrogen-bond acceptors (Lipinski definition) is 4. The van der Waals surface area contributed by atoms with Crippen molar-refractivity contribution in [2.24, 2.45) is 5.14 Å². The van der Waals surface area contributed by atoms with Crippen molar-refractivity contribution in [3.05, 3.63) is 83.4 Å². The molecule has 0 aliphatic heterocycles. The number of ether oxygens (including phenoxy) is 1. The fourth-order valence-electron chi connectivity index (χ4n) is 3.18. The van der Waals surface area contributed by atoms with Gasteiger partial charge in [0.15, 0.2) is 5.78 Å². The van der Waals surface area contributed by atoms with Crippen molar-refractivity contribution in [3.63, 3.8) is 0 Å². The Bertz CT molecular complexity index is 1220. The molecule has 31 heavy (non-hydrogen) atoms. The zero-order chi connectivity index (χ0) is 22.8. The molecule has 5 nitrogen and oxygen atoms in total. The Hall–Kier alpha value is -3.17. The highest BCUT2D eigenvalue weighted by Gasteiger charge is 2.32. The maximum atomic E-state index is 12.6. The monoisotopic (exact) mass is 449 g/mol. The topological polar surface area (TPSA) is 86.5 Å². The van der Waals surface area contributed by atoms with Crippen molar-refractivity contribution >= 4 is 15.8 Å². The number of sulfonamides is 1. The third-order valence-corrected chi connectivity index (χ3v) is 5.61. The first-order chi connectivity index (χ1) is 14.4. The van der Waals surface area contributed by atoms with Crippen LogP contribution in [0.3, 0.4) is 0 Å². The van der Waals surface area contributed by atoms with Gasteiger partial charge < -0.3 is 4.74 Å². The molecule has 0 saturated heterocycles. The van der Waals surface area contributed by atoms with Gasteiger partial charge in [-0.25, -0.2) is 13.6 Å². The highest BCUT2D eigenvalue weighted by atomic mass is 32.2. The molecule has 162 valence electrons. The molecule has 9 heteroatoms. The van der Waals surface area contributed by atoms with Crippen molar-refractivity contribution in [1.29, 1.82) is 0 Å². The molecule has 0 aromatic heterocycles. The number of ketones is 1. The first kappa shape index (κ1) is 22.5. The molecule has 3 aromatic rings. The minimum Gasteiger partial charge on any atom is -0.405 e. The van der Waals surface area contributed by atoms with E-state index in [9.17, 15) is 26.4 Å². The van der Waals surface area contributed by atoms with Crippen molar-refractivity contribution in [1.82, 2.24) is 0 Å². The summed E-state index contributed by atoms with van der Waals surface area (Å²) in [6, 6.07) is 16.3. The van der Waals surface area contributed by atoms with E-state index in [0.717, 1.165) is 0 Å². The number of halogens is 3. The quantitative estimate of drug-likeness (QED) is 0.556. The second-order valence-electron chi connectivity index (χ2n) is 6.87.